The van der Waals surface area contributed by atoms with Crippen molar-refractivity contribution >= 4 is 17.8 Å². The number of fused-ring (bicyclic) bond motifs is 1. The molecule has 5 nitrogen and oxygen atoms in total. The average molecular weight is 245 g/mol. The molecule has 2 aliphatic heterocycles. The number of carbonyl (C=O) groups is 3. The van der Waals surface area contributed by atoms with E-state index >= 15 is 0 Å². The van der Waals surface area contributed by atoms with Crippen molar-refractivity contribution < 1.29 is 19.1 Å². The monoisotopic (exact) mass is 245 g/mol. The molecule has 1 aromatic rings. The van der Waals surface area contributed by atoms with Crippen molar-refractivity contribution in [2.24, 2.45) is 0 Å². The molecule has 1 fully saturated rings. The fraction of sp³-hybridized carbons (Fsp3) is 0.308. The summed E-state index contributed by atoms with van der Waals surface area (Å²) in [5.41, 5.74) is -0.473. The normalized spacial score (nSPS) is 26.5. The van der Waals surface area contributed by atoms with E-state index in [4.69, 9.17) is 4.74 Å². The summed E-state index contributed by atoms with van der Waals surface area (Å²) in [5, 5.41) is 0. The van der Waals surface area contributed by atoms with Gasteiger partial charge in [0.1, 0.15) is 5.54 Å². The summed E-state index contributed by atoms with van der Waals surface area (Å²) in [4.78, 5) is 37.3. The highest BCUT2D eigenvalue weighted by molar-refractivity contribution is 6.23. The number of ether oxygens (including phenoxy) is 1. The van der Waals surface area contributed by atoms with Crippen LogP contribution in [-0.4, -0.2) is 34.8 Å². The van der Waals surface area contributed by atoms with E-state index in [1.54, 1.807) is 31.2 Å². The molecular formula is C13H11NO4. The van der Waals surface area contributed by atoms with Gasteiger partial charge in [-0.3, -0.25) is 14.5 Å². The Morgan fingerprint density at radius 3 is 2.11 bits per heavy atom. The number of hydrogen-bond donors (Lipinski definition) is 0. The van der Waals surface area contributed by atoms with Gasteiger partial charge in [0.15, 0.2) is 0 Å². The third kappa shape index (κ3) is 1.19. The topological polar surface area (TPSA) is 63.7 Å². The molecule has 0 bridgehead atoms. The smallest absolute Gasteiger partial charge is 0.332 e. The van der Waals surface area contributed by atoms with Crippen molar-refractivity contribution in [1.29, 1.82) is 0 Å². The van der Waals surface area contributed by atoms with Crippen LogP contribution in [0.25, 0.3) is 0 Å². The van der Waals surface area contributed by atoms with Crippen molar-refractivity contribution in [3.05, 3.63) is 35.4 Å². The maximum atomic E-state index is 12.2. The molecule has 2 aliphatic rings. The second-order valence-corrected chi connectivity index (χ2v) is 4.65. The number of rotatable bonds is 1. The zero-order valence-corrected chi connectivity index (χ0v) is 9.80. The predicted octanol–water partition coefficient (Wildman–Crippen LogP) is 0.988. The summed E-state index contributed by atoms with van der Waals surface area (Å²) in [7, 11) is 0. The quantitative estimate of drug-likeness (QED) is 0.546. The Hall–Kier alpha value is -2.17. The average Bonchev–Trinajstić information content (AvgIpc) is 2.82. The van der Waals surface area contributed by atoms with Crippen LogP contribution in [0, 0.1) is 0 Å². The number of carbonyl (C=O) groups excluding carboxylic acids is 3. The third-order valence-corrected chi connectivity index (χ3v) is 3.55. The van der Waals surface area contributed by atoms with Gasteiger partial charge >= 0.3 is 5.97 Å². The summed E-state index contributed by atoms with van der Waals surface area (Å²) in [6.45, 7) is 1.81. The van der Waals surface area contributed by atoms with E-state index < -0.39 is 23.3 Å². The minimum atomic E-state index is -1.17. The molecule has 18 heavy (non-hydrogen) atoms. The predicted molar refractivity (Wildman–Crippen MR) is 60.9 cm³/mol. The van der Waals surface area contributed by atoms with E-state index in [0.29, 0.717) is 17.5 Å². The molecule has 1 aromatic carbocycles. The van der Waals surface area contributed by atoms with Crippen LogP contribution >= 0.6 is 0 Å². The molecular weight excluding hydrogens is 234 g/mol. The van der Waals surface area contributed by atoms with Crippen LogP contribution in [0.15, 0.2) is 24.3 Å². The summed E-state index contributed by atoms with van der Waals surface area (Å²) < 4.78 is 4.89. The summed E-state index contributed by atoms with van der Waals surface area (Å²) in [5.74, 6) is -1.36. The zero-order chi connectivity index (χ0) is 12.9. The lowest BCUT2D eigenvalue weighted by Gasteiger charge is -2.29. The van der Waals surface area contributed by atoms with Crippen molar-refractivity contribution in [1.82, 2.24) is 4.90 Å². The van der Waals surface area contributed by atoms with Crippen molar-refractivity contribution in [2.75, 3.05) is 6.61 Å². The van der Waals surface area contributed by atoms with Gasteiger partial charge in [0.05, 0.1) is 17.7 Å². The van der Waals surface area contributed by atoms with E-state index in [2.05, 4.69) is 0 Å². The van der Waals surface area contributed by atoms with Crippen molar-refractivity contribution in [3.63, 3.8) is 0 Å². The van der Waals surface area contributed by atoms with E-state index in [1.807, 2.05) is 0 Å². The summed E-state index contributed by atoms with van der Waals surface area (Å²) in [6, 6.07) is 6.59. The number of nitrogens with zero attached hydrogens (tertiary/aromatic N) is 1. The number of hydrogen-bond acceptors (Lipinski definition) is 4. The lowest BCUT2D eigenvalue weighted by atomic mass is 9.98. The van der Waals surface area contributed by atoms with Crippen LogP contribution in [0.2, 0.25) is 0 Å². The number of cyclic esters (lactones) is 1. The zero-order valence-electron chi connectivity index (χ0n) is 9.80. The van der Waals surface area contributed by atoms with Gasteiger partial charge in [-0.2, -0.15) is 0 Å². The Morgan fingerprint density at radius 2 is 1.67 bits per heavy atom. The van der Waals surface area contributed by atoms with E-state index in [9.17, 15) is 14.4 Å². The molecule has 0 unspecified atom stereocenters. The highest BCUT2D eigenvalue weighted by atomic mass is 16.5. The molecule has 2 amide bonds. The first kappa shape index (κ1) is 11.0. The molecule has 0 aliphatic carbocycles. The molecule has 1 saturated heterocycles. The van der Waals surface area contributed by atoms with Gasteiger partial charge < -0.3 is 4.74 Å². The maximum absolute atomic E-state index is 12.2. The third-order valence-electron chi connectivity index (χ3n) is 3.55. The molecule has 0 saturated carbocycles. The Balaban J connectivity index is 2.10. The van der Waals surface area contributed by atoms with E-state index in [-0.39, 0.29) is 6.61 Å². The van der Waals surface area contributed by atoms with Crippen LogP contribution in [-0.2, 0) is 9.53 Å². The maximum Gasteiger partial charge on any atom is 0.332 e. The Kier molecular flexibility index (Phi) is 2.08. The first-order valence-corrected chi connectivity index (χ1v) is 5.71. The van der Waals surface area contributed by atoms with Crippen LogP contribution in [0.1, 0.15) is 34.1 Å². The Morgan fingerprint density at radius 1 is 1.11 bits per heavy atom. The fourth-order valence-electron chi connectivity index (χ4n) is 2.44. The summed E-state index contributed by atoms with van der Waals surface area (Å²) in [6.07, 6.45) is 0.345. The van der Waals surface area contributed by atoms with Crippen LogP contribution in [0.4, 0.5) is 0 Å². The number of imide groups is 1. The summed E-state index contributed by atoms with van der Waals surface area (Å²) >= 11 is 0. The van der Waals surface area contributed by atoms with Crippen LogP contribution < -0.4 is 0 Å². The SMILES string of the molecule is C[C@@]1(N2C(=O)c3ccccc3C2=O)CCOC1=O. The molecule has 0 aromatic heterocycles. The lowest BCUT2D eigenvalue weighted by Crippen LogP contribution is -2.52. The van der Waals surface area contributed by atoms with Gasteiger partial charge in [-0.25, -0.2) is 4.79 Å². The largest absolute Gasteiger partial charge is 0.464 e. The molecule has 0 N–H and O–H groups in total. The molecule has 0 radical (unpaired) electrons. The fourth-order valence-corrected chi connectivity index (χ4v) is 2.44. The van der Waals surface area contributed by atoms with Crippen LogP contribution in [0.3, 0.4) is 0 Å². The van der Waals surface area contributed by atoms with E-state index in [0.717, 1.165) is 4.90 Å². The Bertz CT molecular complexity index is 545. The molecule has 3 rings (SSSR count). The molecule has 2 heterocycles. The molecule has 0 spiro atoms. The lowest BCUT2D eigenvalue weighted by molar-refractivity contribution is -0.145. The first-order chi connectivity index (χ1) is 8.55. The van der Waals surface area contributed by atoms with Crippen LogP contribution in [0.5, 0.6) is 0 Å². The van der Waals surface area contributed by atoms with Crippen molar-refractivity contribution in [3.8, 4) is 0 Å². The highest BCUT2D eigenvalue weighted by Crippen LogP contribution is 2.34. The highest BCUT2D eigenvalue weighted by Gasteiger charge is 2.53. The Labute approximate surface area is 103 Å². The van der Waals surface area contributed by atoms with Gasteiger partial charge in [-0.05, 0) is 19.1 Å². The molecule has 5 heteroatoms. The van der Waals surface area contributed by atoms with Crippen molar-refractivity contribution in [2.45, 2.75) is 18.9 Å². The number of benzene rings is 1. The molecule has 1 atom stereocenters. The minimum Gasteiger partial charge on any atom is -0.464 e. The molecule has 92 valence electrons. The number of amides is 2. The van der Waals surface area contributed by atoms with Gasteiger partial charge in [0.2, 0.25) is 0 Å². The number of esters is 1. The minimum absolute atomic E-state index is 0.239. The van der Waals surface area contributed by atoms with Gasteiger partial charge in [0, 0.05) is 6.42 Å². The second kappa shape index (κ2) is 3.41. The second-order valence-electron chi connectivity index (χ2n) is 4.65. The van der Waals surface area contributed by atoms with Gasteiger partial charge in [-0.15, -0.1) is 0 Å². The van der Waals surface area contributed by atoms with E-state index in [1.165, 1.54) is 0 Å². The standard InChI is InChI=1S/C13H11NO4/c1-13(6-7-18-12(13)17)14-10(15)8-4-2-3-5-9(8)11(14)16/h2-5H,6-7H2,1H3/t13-/m1/s1. The van der Waals surface area contributed by atoms with Gasteiger partial charge in [0.25, 0.3) is 11.8 Å². The first-order valence-electron chi connectivity index (χ1n) is 5.71. The van der Waals surface area contributed by atoms with Gasteiger partial charge in [-0.1, -0.05) is 12.1 Å².